The third-order valence-corrected chi connectivity index (χ3v) is 1.76. The normalized spacial score (nSPS) is 27.7. The highest BCUT2D eigenvalue weighted by Gasteiger charge is 1.90. The van der Waals surface area contributed by atoms with Crippen molar-refractivity contribution >= 4 is 0 Å². The summed E-state index contributed by atoms with van der Waals surface area (Å²) in [4.78, 5) is 0. The lowest BCUT2D eigenvalue weighted by Crippen LogP contribution is -1.84. The van der Waals surface area contributed by atoms with Crippen LogP contribution in [0, 0.1) is 0 Å². The quantitative estimate of drug-likeness (QED) is 0.552. The SMILES string of the molecule is C1CCC/N=N/N=N\N=N\CCC1. The minimum Gasteiger partial charge on any atom is -0.167 e. The molecule has 1 aliphatic rings. The first kappa shape index (κ1) is 9.88. The summed E-state index contributed by atoms with van der Waals surface area (Å²) in [5, 5.41) is 21.2. The number of rotatable bonds is 0. The van der Waals surface area contributed by atoms with Crippen molar-refractivity contribution < 1.29 is 0 Å². The molecule has 0 aromatic heterocycles. The molecule has 72 valence electrons. The van der Waals surface area contributed by atoms with Crippen molar-refractivity contribution in [1.29, 1.82) is 0 Å². The van der Waals surface area contributed by atoms with Crippen LogP contribution in [-0.2, 0) is 0 Å². The molecule has 0 radical (unpaired) electrons. The van der Waals surface area contributed by atoms with E-state index in [-0.39, 0.29) is 0 Å². The average molecular weight is 182 g/mol. The van der Waals surface area contributed by atoms with Gasteiger partial charge in [-0.2, -0.15) is 10.2 Å². The molecule has 0 atom stereocenters. The highest BCUT2D eigenvalue weighted by atomic mass is 15.6. The molecule has 0 saturated heterocycles. The predicted molar refractivity (Wildman–Crippen MR) is 47.4 cm³/mol. The van der Waals surface area contributed by atoms with Gasteiger partial charge in [-0.15, -0.1) is 0 Å². The minimum absolute atomic E-state index is 0.732. The Morgan fingerprint density at radius 2 is 0.923 bits per heavy atom. The molecule has 0 bridgehead atoms. The van der Waals surface area contributed by atoms with E-state index in [1.165, 1.54) is 19.3 Å². The molecule has 0 aliphatic carbocycles. The van der Waals surface area contributed by atoms with Crippen LogP contribution in [0.5, 0.6) is 0 Å². The second kappa shape index (κ2) is 7.45. The summed E-state index contributed by atoms with van der Waals surface area (Å²) in [6.45, 7) is 1.46. The van der Waals surface area contributed by atoms with Gasteiger partial charge in [-0.3, -0.25) is 0 Å². The smallest absolute Gasteiger partial charge is 0.0621 e. The lowest BCUT2D eigenvalue weighted by Gasteiger charge is -1.95. The molecule has 6 nitrogen and oxygen atoms in total. The van der Waals surface area contributed by atoms with Crippen LogP contribution in [0.2, 0.25) is 0 Å². The van der Waals surface area contributed by atoms with E-state index < -0.39 is 0 Å². The molecule has 1 rings (SSSR count). The third-order valence-electron chi connectivity index (χ3n) is 1.76. The van der Waals surface area contributed by atoms with E-state index in [9.17, 15) is 0 Å². The Morgan fingerprint density at radius 1 is 0.462 bits per heavy atom. The van der Waals surface area contributed by atoms with Crippen molar-refractivity contribution in [3.05, 3.63) is 0 Å². The average Bonchev–Trinajstić information content (AvgIpc) is 2.18. The maximum Gasteiger partial charge on any atom is 0.0621 e. The van der Waals surface area contributed by atoms with Gasteiger partial charge >= 0.3 is 0 Å². The molecule has 6 heteroatoms. The molecule has 0 saturated carbocycles. The van der Waals surface area contributed by atoms with Crippen molar-refractivity contribution in [3.8, 4) is 0 Å². The lowest BCUT2D eigenvalue weighted by atomic mass is 10.1. The third kappa shape index (κ3) is 6.01. The topological polar surface area (TPSA) is 74.2 Å². The largest absolute Gasteiger partial charge is 0.167 e. The molecule has 0 spiro atoms. The monoisotopic (exact) mass is 182 g/mol. The highest BCUT2D eigenvalue weighted by molar-refractivity contribution is 4.47. The fourth-order valence-electron chi connectivity index (χ4n) is 1.08. The van der Waals surface area contributed by atoms with Gasteiger partial charge < -0.3 is 0 Å². The molecule has 0 aromatic carbocycles. The van der Waals surface area contributed by atoms with E-state index in [1.807, 2.05) is 0 Å². The van der Waals surface area contributed by atoms with Gasteiger partial charge in [-0.05, 0) is 33.7 Å². The Hall–Kier alpha value is -1.20. The summed E-state index contributed by atoms with van der Waals surface area (Å²) in [7, 11) is 0. The number of nitrogens with zero attached hydrogens (tertiary/aromatic N) is 6. The summed E-state index contributed by atoms with van der Waals surface area (Å²) >= 11 is 0. The number of hydrogen-bond donors (Lipinski definition) is 0. The van der Waals surface area contributed by atoms with Crippen LogP contribution >= 0.6 is 0 Å². The maximum absolute atomic E-state index is 3.80. The molecule has 0 amide bonds. The molecule has 1 heterocycles. The Bertz CT molecular complexity index is 177. The Morgan fingerprint density at radius 3 is 1.46 bits per heavy atom. The highest BCUT2D eigenvalue weighted by Crippen LogP contribution is 2.04. The van der Waals surface area contributed by atoms with Crippen molar-refractivity contribution in [2.24, 2.45) is 31.1 Å². The Labute approximate surface area is 77.2 Å². The molecular weight excluding hydrogens is 168 g/mol. The molecule has 0 unspecified atom stereocenters. The van der Waals surface area contributed by atoms with Gasteiger partial charge in [-0.1, -0.05) is 19.3 Å². The second-order valence-corrected chi connectivity index (χ2v) is 2.86. The summed E-state index contributed by atoms with van der Waals surface area (Å²) in [6.07, 6.45) is 5.79. The zero-order valence-corrected chi connectivity index (χ0v) is 7.63. The molecule has 0 N–H and O–H groups in total. The van der Waals surface area contributed by atoms with E-state index in [4.69, 9.17) is 0 Å². The summed E-state index contributed by atoms with van der Waals surface area (Å²) < 4.78 is 0. The zero-order chi connectivity index (χ0) is 9.19. The van der Waals surface area contributed by atoms with E-state index in [2.05, 4.69) is 31.1 Å². The van der Waals surface area contributed by atoms with Crippen LogP contribution in [0.15, 0.2) is 31.1 Å². The molecule has 0 aromatic rings. The minimum atomic E-state index is 0.732. The van der Waals surface area contributed by atoms with Gasteiger partial charge in [-0.25, -0.2) is 0 Å². The summed E-state index contributed by atoms with van der Waals surface area (Å²) in [5.74, 6) is 0. The maximum atomic E-state index is 3.80. The van der Waals surface area contributed by atoms with E-state index in [1.54, 1.807) is 0 Å². The second-order valence-electron chi connectivity index (χ2n) is 2.86. The van der Waals surface area contributed by atoms with E-state index in [0.29, 0.717) is 0 Å². The van der Waals surface area contributed by atoms with Crippen molar-refractivity contribution in [1.82, 2.24) is 0 Å². The molecule has 1 aliphatic heterocycles. The van der Waals surface area contributed by atoms with Gasteiger partial charge in [0, 0.05) is 0 Å². The number of hydrogen-bond acceptors (Lipinski definition) is 6. The van der Waals surface area contributed by atoms with Gasteiger partial charge in [0.25, 0.3) is 0 Å². The fraction of sp³-hybridized carbons (Fsp3) is 1.00. The van der Waals surface area contributed by atoms with E-state index >= 15 is 0 Å². The van der Waals surface area contributed by atoms with Crippen LogP contribution < -0.4 is 0 Å². The first-order chi connectivity index (χ1) is 6.50. The fourth-order valence-corrected chi connectivity index (χ4v) is 1.08. The standard InChI is InChI=1S/C7H14N6/c1-2-4-6-8-10-12-13-11-9-7-5-3-1/h1-7H2/b10-8+,11-9+,13-12-. The van der Waals surface area contributed by atoms with Gasteiger partial charge in [0.05, 0.1) is 13.1 Å². The van der Waals surface area contributed by atoms with Crippen molar-refractivity contribution in [3.63, 3.8) is 0 Å². The van der Waals surface area contributed by atoms with Crippen LogP contribution in [-0.4, -0.2) is 13.1 Å². The predicted octanol–water partition coefficient (Wildman–Crippen LogP) is 3.14. The zero-order valence-electron chi connectivity index (χ0n) is 7.63. The molecule has 0 fully saturated rings. The van der Waals surface area contributed by atoms with Crippen LogP contribution in [0.1, 0.15) is 32.1 Å². The van der Waals surface area contributed by atoms with Crippen LogP contribution in [0.4, 0.5) is 0 Å². The first-order valence-electron chi connectivity index (χ1n) is 4.63. The van der Waals surface area contributed by atoms with Crippen LogP contribution in [0.3, 0.4) is 0 Å². The summed E-state index contributed by atoms with van der Waals surface area (Å²) in [5.41, 5.74) is 0. The summed E-state index contributed by atoms with van der Waals surface area (Å²) in [6, 6.07) is 0. The van der Waals surface area contributed by atoms with Gasteiger partial charge in [0.2, 0.25) is 0 Å². The van der Waals surface area contributed by atoms with Crippen LogP contribution in [0.25, 0.3) is 0 Å². The lowest BCUT2D eigenvalue weighted by molar-refractivity contribution is 0.614. The molecular formula is C7H14N6. The van der Waals surface area contributed by atoms with Crippen molar-refractivity contribution in [2.45, 2.75) is 32.1 Å². The van der Waals surface area contributed by atoms with Gasteiger partial charge in [0.1, 0.15) is 0 Å². The van der Waals surface area contributed by atoms with E-state index in [0.717, 1.165) is 25.9 Å². The Balaban J connectivity index is 2.29. The van der Waals surface area contributed by atoms with Gasteiger partial charge in [0.15, 0.2) is 0 Å². The Kier molecular flexibility index (Phi) is 5.66. The molecule has 13 heavy (non-hydrogen) atoms. The van der Waals surface area contributed by atoms with Crippen molar-refractivity contribution in [2.75, 3.05) is 13.1 Å². The first-order valence-corrected chi connectivity index (χ1v) is 4.63.